The van der Waals surface area contributed by atoms with Gasteiger partial charge in [0, 0.05) is 25.9 Å². The minimum absolute atomic E-state index is 0. The number of aliphatic carboxylic acids is 1. The van der Waals surface area contributed by atoms with Gasteiger partial charge in [0.2, 0.25) is 5.91 Å². The first-order valence-electron chi connectivity index (χ1n) is 7.71. The molecule has 0 saturated carbocycles. The van der Waals surface area contributed by atoms with E-state index >= 15 is 0 Å². The summed E-state index contributed by atoms with van der Waals surface area (Å²) in [4.78, 5) is 28.8. The van der Waals surface area contributed by atoms with E-state index in [1.54, 1.807) is 0 Å². The number of thiazole rings is 1. The number of aromatic nitrogens is 1. The molecule has 1 fully saturated rings. The van der Waals surface area contributed by atoms with Crippen LogP contribution in [0.4, 0.5) is 13.2 Å². The summed E-state index contributed by atoms with van der Waals surface area (Å²) in [6.45, 7) is 0.632. The third-order valence-corrected chi connectivity index (χ3v) is 5.30. The number of likely N-dealkylation sites (tertiary alicyclic amines) is 1. The normalized spacial score (nSPS) is 17.3. The first kappa shape index (κ1) is 20.4. The number of carbonyl (C=O) groups excluding carboxylic acids is 1. The molecule has 1 aromatic carbocycles. The molecule has 1 aromatic heterocycles. The third-order valence-electron chi connectivity index (χ3n) is 4.20. The van der Waals surface area contributed by atoms with E-state index in [2.05, 4.69) is 4.98 Å². The number of benzene rings is 1. The summed E-state index contributed by atoms with van der Waals surface area (Å²) >= 11 is 1.26. The Morgan fingerprint density at radius 3 is 2.69 bits per heavy atom. The molecule has 1 saturated heterocycles. The Balaban J connectivity index is 0.00000243. The van der Waals surface area contributed by atoms with E-state index < -0.39 is 23.6 Å². The average molecular weight is 409 g/mol. The van der Waals surface area contributed by atoms with Crippen LogP contribution in [0, 0.1) is 5.92 Å². The van der Waals surface area contributed by atoms with E-state index in [1.165, 1.54) is 22.3 Å². The molecule has 2 heterocycles. The summed E-state index contributed by atoms with van der Waals surface area (Å²) in [5, 5.41) is 9.55. The van der Waals surface area contributed by atoms with Crippen molar-refractivity contribution in [2.24, 2.45) is 5.92 Å². The zero-order chi connectivity index (χ0) is 18.2. The SMILES string of the molecule is Cl.O=C(O)C1CCN(C(=O)CCc2nc3cc(C(F)(F)F)ccc3s2)C1. The summed E-state index contributed by atoms with van der Waals surface area (Å²) in [5.41, 5.74) is -0.473. The Morgan fingerprint density at radius 1 is 1.35 bits per heavy atom. The lowest BCUT2D eigenvalue weighted by molar-refractivity contribution is -0.141. The summed E-state index contributed by atoms with van der Waals surface area (Å²) < 4.78 is 38.8. The molecule has 0 spiro atoms. The molecule has 26 heavy (non-hydrogen) atoms. The molecule has 0 bridgehead atoms. The van der Waals surface area contributed by atoms with Gasteiger partial charge in [-0.05, 0) is 24.6 Å². The Labute approximate surface area is 157 Å². The maximum Gasteiger partial charge on any atom is 0.416 e. The molecule has 2 aromatic rings. The number of nitrogens with zero attached hydrogens (tertiary/aromatic N) is 2. The number of hydrogen-bond donors (Lipinski definition) is 1. The van der Waals surface area contributed by atoms with Gasteiger partial charge in [0.05, 0.1) is 26.7 Å². The molecule has 142 valence electrons. The lowest BCUT2D eigenvalue weighted by Crippen LogP contribution is -2.30. The molecule has 1 aliphatic rings. The second-order valence-corrected chi connectivity index (χ2v) is 7.07. The first-order valence-corrected chi connectivity index (χ1v) is 8.53. The van der Waals surface area contributed by atoms with Crippen molar-refractivity contribution in [2.75, 3.05) is 13.1 Å². The maximum atomic E-state index is 12.7. The quantitative estimate of drug-likeness (QED) is 0.839. The molecule has 1 amide bonds. The van der Waals surface area contributed by atoms with E-state index in [0.29, 0.717) is 29.1 Å². The Bertz CT molecular complexity index is 825. The van der Waals surface area contributed by atoms with Crippen LogP contribution in [-0.2, 0) is 22.2 Å². The van der Waals surface area contributed by atoms with E-state index in [-0.39, 0.29) is 36.8 Å². The molecule has 5 nitrogen and oxygen atoms in total. The number of aryl methyl sites for hydroxylation is 1. The number of alkyl halides is 3. The van der Waals surface area contributed by atoms with E-state index in [0.717, 1.165) is 12.1 Å². The number of hydrogen-bond acceptors (Lipinski definition) is 4. The Hall–Kier alpha value is -1.87. The molecule has 1 aliphatic heterocycles. The van der Waals surface area contributed by atoms with Crippen LogP contribution >= 0.6 is 23.7 Å². The largest absolute Gasteiger partial charge is 0.481 e. The molecule has 0 radical (unpaired) electrons. The molecule has 1 atom stereocenters. The molecule has 10 heteroatoms. The zero-order valence-electron chi connectivity index (χ0n) is 13.5. The van der Waals surface area contributed by atoms with E-state index in [9.17, 15) is 22.8 Å². The summed E-state index contributed by atoms with van der Waals surface area (Å²) in [6, 6.07) is 3.42. The van der Waals surface area contributed by atoms with Crippen LogP contribution in [0.15, 0.2) is 18.2 Å². The van der Waals surface area contributed by atoms with Crippen molar-refractivity contribution >= 4 is 45.8 Å². The number of rotatable bonds is 4. The molecule has 3 rings (SSSR count). The smallest absolute Gasteiger partial charge is 0.416 e. The molecular weight excluding hydrogens is 393 g/mol. The Kier molecular flexibility index (Phi) is 6.13. The number of halogens is 4. The molecule has 0 aliphatic carbocycles. The van der Waals surface area contributed by atoms with Crippen molar-refractivity contribution in [1.82, 2.24) is 9.88 Å². The highest BCUT2D eigenvalue weighted by molar-refractivity contribution is 7.18. The van der Waals surface area contributed by atoms with Crippen molar-refractivity contribution in [3.05, 3.63) is 28.8 Å². The van der Waals surface area contributed by atoms with Crippen molar-refractivity contribution in [2.45, 2.75) is 25.4 Å². The zero-order valence-corrected chi connectivity index (χ0v) is 15.1. The summed E-state index contributed by atoms with van der Waals surface area (Å²) in [6.07, 6.45) is -3.47. The van der Waals surface area contributed by atoms with Gasteiger partial charge >= 0.3 is 12.1 Å². The van der Waals surface area contributed by atoms with Gasteiger partial charge < -0.3 is 10.0 Å². The molecule has 1 unspecified atom stereocenters. The lowest BCUT2D eigenvalue weighted by Gasteiger charge is -2.15. The fourth-order valence-electron chi connectivity index (χ4n) is 2.82. The monoisotopic (exact) mass is 408 g/mol. The van der Waals surface area contributed by atoms with Crippen LogP contribution in [0.2, 0.25) is 0 Å². The number of carboxylic acids is 1. The molecule has 1 N–H and O–H groups in total. The third kappa shape index (κ3) is 4.45. The van der Waals surface area contributed by atoms with Crippen molar-refractivity contribution in [3.63, 3.8) is 0 Å². The number of fused-ring (bicyclic) bond motifs is 1. The van der Waals surface area contributed by atoms with Crippen LogP contribution in [0.5, 0.6) is 0 Å². The van der Waals surface area contributed by atoms with Crippen molar-refractivity contribution in [1.29, 1.82) is 0 Å². The highest BCUT2D eigenvalue weighted by atomic mass is 35.5. The second-order valence-electron chi connectivity index (χ2n) is 5.95. The predicted molar refractivity (Wildman–Crippen MR) is 92.5 cm³/mol. The topological polar surface area (TPSA) is 70.5 Å². The predicted octanol–water partition coefficient (Wildman–Crippen LogP) is 3.60. The summed E-state index contributed by atoms with van der Waals surface area (Å²) in [5.74, 6) is -1.58. The van der Waals surface area contributed by atoms with Gasteiger partial charge in [-0.25, -0.2) is 4.98 Å². The van der Waals surface area contributed by atoms with Gasteiger partial charge in [-0.2, -0.15) is 13.2 Å². The standard InChI is InChI=1S/C16H15F3N2O3S.ClH/c17-16(18,19)10-1-2-12-11(7-10)20-13(25-12)3-4-14(22)21-6-5-9(8-21)15(23)24;/h1-2,7,9H,3-6,8H2,(H,23,24);1H. The van der Waals surface area contributed by atoms with Gasteiger partial charge in [0.1, 0.15) is 0 Å². The fraction of sp³-hybridized carbons (Fsp3) is 0.438. The fourth-order valence-corrected chi connectivity index (χ4v) is 3.77. The minimum atomic E-state index is -4.41. The van der Waals surface area contributed by atoms with E-state index in [4.69, 9.17) is 5.11 Å². The van der Waals surface area contributed by atoms with Crippen molar-refractivity contribution in [3.8, 4) is 0 Å². The minimum Gasteiger partial charge on any atom is -0.481 e. The van der Waals surface area contributed by atoms with Crippen LogP contribution < -0.4 is 0 Å². The maximum absolute atomic E-state index is 12.7. The molecular formula is C16H16ClF3N2O3S. The van der Waals surface area contributed by atoms with Crippen molar-refractivity contribution < 1.29 is 27.9 Å². The highest BCUT2D eigenvalue weighted by Gasteiger charge is 2.31. The Morgan fingerprint density at radius 2 is 2.08 bits per heavy atom. The first-order chi connectivity index (χ1) is 11.7. The lowest BCUT2D eigenvalue weighted by atomic mass is 10.1. The van der Waals surface area contributed by atoms with Gasteiger partial charge in [-0.3, -0.25) is 9.59 Å². The average Bonchev–Trinajstić information content (AvgIpc) is 3.17. The second kappa shape index (κ2) is 7.79. The van der Waals surface area contributed by atoms with Crippen LogP contribution in [0.3, 0.4) is 0 Å². The van der Waals surface area contributed by atoms with Crippen LogP contribution in [0.25, 0.3) is 10.2 Å². The number of amides is 1. The van der Waals surface area contributed by atoms with Gasteiger partial charge in [0.15, 0.2) is 0 Å². The van der Waals surface area contributed by atoms with Gasteiger partial charge in [-0.1, -0.05) is 0 Å². The summed E-state index contributed by atoms with van der Waals surface area (Å²) in [7, 11) is 0. The number of carbonyl (C=O) groups is 2. The number of carboxylic acid groups (broad SMARTS) is 1. The van der Waals surface area contributed by atoms with Gasteiger partial charge in [-0.15, -0.1) is 23.7 Å². The highest BCUT2D eigenvalue weighted by Crippen LogP contribution is 2.33. The van der Waals surface area contributed by atoms with Crippen LogP contribution in [-0.4, -0.2) is 40.0 Å². The van der Waals surface area contributed by atoms with Crippen LogP contribution in [0.1, 0.15) is 23.4 Å². The van der Waals surface area contributed by atoms with Gasteiger partial charge in [0.25, 0.3) is 0 Å². The van der Waals surface area contributed by atoms with E-state index in [1.807, 2.05) is 0 Å².